The highest BCUT2D eigenvalue weighted by atomic mass is 16.4. The fraction of sp³-hybridized carbons (Fsp3) is 0.500. The number of carboxylic acids is 1. The molecule has 1 aromatic rings. The van der Waals surface area contributed by atoms with Crippen LogP contribution in [0, 0.1) is 5.92 Å². The molecule has 2 N–H and O–H groups in total. The Morgan fingerprint density at radius 3 is 2.14 bits per heavy atom. The summed E-state index contributed by atoms with van der Waals surface area (Å²) in [6.07, 6.45) is 3.19. The summed E-state index contributed by atoms with van der Waals surface area (Å²) in [5.41, 5.74) is 1.64. The first-order chi connectivity index (χ1) is 9.97. The molecule has 0 radical (unpaired) electrons. The maximum absolute atomic E-state index is 11.8. The molecule has 0 aromatic heterocycles. The van der Waals surface area contributed by atoms with E-state index in [4.69, 9.17) is 5.11 Å². The zero-order valence-corrected chi connectivity index (χ0v) is 12.5. The smallest absolute Gasteiger partial charge is 0.306 e. The third-order valence-electron chi connectivity index (χ3n) is 3.99. The minimum Gasteiger partial charge on any atom is -0.481 e. The highest BCUT2D eigenvalue weighted by molar-refractivity contribution is 5.94. The van der Waals surface area contributed by atoms with Crippen molar-refractivity contribution in [3.63, 3.8) is 0 Å². The van der Waals surface area contributed by atoms with Crippen LogP contribution in [0.15, 0.2) is 24.3 Å². The van der Waals surface area contributed by atoms with Gasteiger partial charge in [0.15, 0.2) is 0 Å². The second-order valence-electron chi connectivity index (χ2n) is 5.81. The minimum atomic E-state index is -0.681. The van der Waals surface area contributed by atoms with E-state index in [9.17, 15) is 9.59 Å². The van der Waals surface area contributed by atoms with Crippen molar-refractivity contribution in [2.24, 2.45) is 5.92 Å². The van der Waals surface area contributed by atoms with Crippen LogP contribution in [-0.4, -0.2) is 42.0 Å². The Morgan fingerprint density at radius 1 is 1.10 bits per heavy atom. The van der Waals surface area contributed by atoms with E-state index in [0.717, 1.165) is 31.4 Å². The topological polar surface area (TPSA) is 69.6 Å². The maximum Gasteiger partial charge on any atom is 0.306 e. The van der Waals surface area contributed by atoms with Gasteiger partial charge in [-0.25, -0.2) is 0 Å². The summed E-state index contributed by atoms with van der Waals surface area (Å²) in [6, 6.07) is 7.75. The zero-order chi connectivity index (χ0) is 15.4. The normalized spacial score (nSPS) is 21.6. The lowest BCUT2D eigenvalue weighted by Gasteiger charge is -2.27. The molecule has 0 atom stereocenters. The number of aliphatic carboxylic acids is 1. The molecule has 0 aliphatic heterocycles. The average molecular weight is 290 g/mol. The van der Waals surface area contributed by atoms with Crippen molar-refractivity contribution >= 4 is 17.6 Å². The summed E-state index contributed by atoms with van der Waals surface area (Å²) >= 11 is 0. The fourth-order valence-electron chi connectivity index (χ4n) is 2.69. The molecule has 21 heavy (non-hydrogen) atoms. The Bertz CT molecular complexity index is 503. The van der Waals surface area contributed by atoms with Gasteiger partial charge in [-0.2, -0.15) is 0 Å². The zero-order valence-electron chi connectivity index (χ0n) is 12.5. The molecule has 1 amide bonds. The Kier molecular flexibility index (Phi) is 4.83. The third-order valence-corrected chi connectivity index (χ3v) is 3.99. The summed E-state index contributed by atoms with van der Waals surface area (Å²) in [4.78, 5) is 24.3. The van der Waals surface area contributed by atoms with Crippen LogP contribution in [0.25, 0.3) is 0 Å². The lowest BCUT2D eigenvalue weighted by atomic mass is 9.86. The van der Waals surface area contributed by atoms with Crippen LogP contribution in [0.4, 0.5) is 5.69 Å². The van der Waals surface area contributed by atoms with E-state index < -0.39 is 5.97 Å². The van der Waals surface area contributed by atoms with Gasteiger partial charge in [0.05, 0.1) is 5.92 Å². The van der Waals surface area contributed by atoms with Gasteiger partial charge in [0.1, 0.15) is 0 Å². The van der Waals surface area contributed by atoms with E-state index in [1.165, 1.54) is 0 Å². The number of carbonyl (C=O) groups is 2. The van der Waals surface area contributed by atoms with Crippen LogP contribution in [0.1, 0.15) is 36.0 Å². The number of hydrogen-bond acceptors (Lipinski definition) is 3. The Balaban J connectivity index is 1.90. The van der Waals surface area contributed by atoms with Crippen molar-refractivity contribution in [2.75, 3.05) is 19.4 Å². The molecule has 5 heteroatoms. The second-order valence-corrected chi connectivity index (χ2v) is 5.81. The van der Waals surface area contributed by atoms with E-state index in [0.29, 0.717) is 11.6 Å². The van der Waals surface area contributed by atoms with Crippen molar-refractivity contribution in [3.8, 4) is 0 Å². The predicted molar refractivity (Wildman–Crippen MR) is 81.5 cm³/mol. The van der Waals surface area contributed by atoms with Crippen LogP contribution in [-0.2, 0) is 4.79 Å². The van der Waals surface area contributed by atoms with Gasteiger partial charge in [-0.05, 0) is 49.9 Å². The Hall–Kier alpha value is -2.04. The third kappa shape index (κ3) is 3.97. The van der Waals surface area contributed by atoms with Crippen LogP contribution in [0.2, 0.25) is 0 Å². The minimum absolute atomic E-state index is 0.0106. The number of hydrogen-bond donors (Lipinski definition) is 2. The number of benzene rings is 1. The molecule has 1 saturated carbocycles. The summed E-state index contributed by atoms with van der Waals surface area (Å²) in [6.45, 7) is 0. The molecule has 0 saturated heterocycles. The highest BCUT2D eigenvalue weighted by Crippen LogP contribution is 2.26. The second kappa shape index (κ2) is 6.61. The van der Waals surface area contributed by atoms with Gasteiger partial charge in [-0.3, -0.25) is 9.59 Å². The molecular formula is C16H22N2O3. The quantitative estimate of drug-likeness (QED) is 0.893. The summed E-state index contributed by atoms with van der Waals surface area (Å²) in [5, 5.41) is 12.4. The molecule has 114 valence electrons. The number of carbonyl (C=O) groups excluding carboxylic acids is 1. The summed E-state index contributed by atoms with van der Waals surface area (Å²) in [7, 11) is 3.46. The van der Waals surface area contributed by atoms with Crippen molar-refractivity contribution < 1.29 is 14.7 Å². The maximum atomic E-state index is 11.8. The van der Waals surface area contributed by atoms with E-state index in [-0.39, 0.29) is 11.8 Å². The molecule has 5 nitrogen and oxygen atoms in total. The van der Waals surface area contributed by atoms with Gasteiger partial charge >= 0.3 is 5.97 Å². The lowest BCUT2D eigenvalue weighted by molar-refractivity contribution is -0.142. The summed E-state index contributed by atoms with van der Waals surface area (Å²) in [5.74, 6) is -0.883. The SMILES string of the molecule is CN(C)C(=O)c1ccc(NC2CCC(C(=O)O)CC2)cc1. The van der Waals surface area contributed by atoms with Crippen molar-refractivity contribution in [3.05, 3.63) is 29.8 Å². The highest BCUT2D eigenvalue weighted by Gasteiger charge is 2.25. The molecule has 1 aromatic carbocycles. The molecule has 1 aliphatic rings. The van der Waals surface area contributed by atoms with Crippen molar-refractivity contribution in [1.29, 1.82) is 0 Å². The van der Waals surface area contributed by atoms with Gasteiger partial charge in [0.2, 0.25) is 0 Å². The van der Waals surface area contributed by atoms with Gasteiger partial charge in [-0.1, -0.05) is 0 Å². The van der Waals surface area contributed by atoms with Gasteiger partial charge in [-0.15, -0.1) is 0 Å². The van der Waals surface area contributed by atoms with E-state index >= 15 is 0 Å². The first-order valence-electron chi connectivity index (χ1n) is 7.28. The monoisotopic (exact) mass is 290 g/mol. The fourth-order valence-corrected chi connectivity index (χ4v) is 2.69. The van der Waals surface area contributed by atoms with Crippen molar-refractivity contribution in [1.82, 2.24) is 4.90 Å². The molecule has 1 fully saturated rings. The number of amides is 1. The van der Waals surface area contributed by atoms with Crippen LogP contribution in [0.3, 0.4) is 0 Å². The standard InChI is InChI=1S/C16H22N2O3/c1-18(2)15(19)11-3-7-13(8-4-11)17-14-9-5-12(6-10-14)16(20)21/h3-4,7-8,12,14,17H,5-6,9-10H2,1-2H3,(H,20,21). The van der Waals surface area contributed by atoms with Crippen LogP contribution in [0.5, 0.6) is 0 Å². The van der Waals surface area contributed by atoms with Crippen LogP contribution >= 0.6 is 0 Å². The Morgan fingerprint density at radius 2 is 1.67 bits per heavy atom. The van der Waals surface area contributed by atoms with E-state index in [2.05, 4.69) is 5.32 Å². The number of rotatable bonds is 4. The van der Waals surface area contributed by atoms with Gasteiger partial charge in [0, 0.05) is 31.4 Å². The van der Waals surface area contributed by atoms with Gasteiger partial charge in [0.25, 0.3) is 5.91 Å². The molecule has 0 bridgehead atoms. The Labute approximate surface area is 125 Å². The molecule has 0 heterocycles. The molecular weight excluding hydrogens is 268 g/mol. The first-order valence-corrected chi connectivity index (χ1v) is 7.28. The number of anilines is 1. The van der Waals surface area contributed by atoms with E-state index in [1.807, 2.05) is 24.3 Å². The molecule has 2 rings (SSSR count). The largest absolute Gasteiger partial charge is 0.481 e. The summed E-state index contributed by atoms with van der Waals surface area (Å²) < 4.78 is 0. The first kappa shape index (κ1) is 15.4. The number of nitrogens with one attached hydrogen (secondary N) is 1. The lowest BCUT2D eigenvalue weighted by Crippen LogP contribution is -2.29. The molecule has 0 unspecified atom stereocenters. The predicted octanol–water partition coefficient (Wildman–Crippen LogP) is 2.44. The van der Waals surface area contributed by atoms with Gasteiger partial charge < -0.3 is 15.3 Å². The number of nitrogens with zero attached hydrogens (tertiary/aromatic N) is 1. The molecule has 0 spiro atoms. The number of carboxylic acid groups (broad SMARTS) is 1. The van der Waals surface area contributed by atoms with E-state index in [1.54, 1.807) is 19.0 Å². The van der Waals surface area contributed by atoms with Crippen molar-refractivity contribution in [2.45, 2.75) is 31.7 Å². The molecule has 1 aliphatic carbocycles. The average Bonchev–Trinajstić information content (AvgIpc) is 2.47. The van der Waals surface area contributed by atoms with Crippen LogP contribution < -0.4 is 5.32 Å².